The number of hydrogen-bond donors (Lipinski definition) is 0. The first-order chi connectivity index (χ1) is 12.9. The average molecular weight is 440 g/mol. The fourth-order valence-corrected chi connectivity index (χ4v) is 4.23. The molecule has 138 valence electrons. The molecule has 0 N–H and O–H groups in total. The maximum atomic E-state index is 12.3. The van der Waals surface area contributed by atoms with Gasteiger partial charge in [0.2, 0.25) is 0 Å². The molecule has 3 rings (SSSR count). The summed E-state index contributed by atoms with van der Waals surface area (Å²) >= 11 is 19.5. The number of rotatable bonds is 4. The molecule has 0 radical (unpaired) electrons. The van der Waals surface area contributed by atoms with E-state index in [0.717, 1.165) is 15.8 Å². The Hall–Kier alpha value is -1.97. The zero-order valence-electron chi connectivity index (χ0n) is 14.1. The number of amides is 1. The summed E-state index contributed by atoms with van der Waals surface area (Å²) in [6.45, 7) is 1.92. The molecule has 4 nitrogen and oxygen atoms in total. The third-order valence-corrected chi connectivity index (χ3v) is 5.73. The summed E-state index contributed by atoms with van der Waals surface area (Å²) in [6, 6.07) is 8.47. The zero-order chi connectivity index (χ0) is 19.6. The number of benzene rings is 2. The molecule has 0 aliphatic rings. The van der Waals surface area contributed by atoms with Crippen LogP contribution < -0.4 is 9.54 Å². The van der Waals surface area contributed by atoms with Crippen LogP contribution in [0.4, 0.5) is 0 Å². The molecule has 0 saturated heterocycles. The Labute approximate surface area is 175 Å². The molecule has 0 bridgehead atoms. The molecule has 27 heavy (non-hydrogen) atoms. The van der Waals surface area contributed by atoms with Crippen molar-refractivity contribution in [3.63, 3.8) is 0 Å². The number of ether oxygens (including phenoxy) is 1. The van der Waals surface area contributed by atoms with E-state index in [1.54, 1.807) is 22.8 Å². The molecule has 1 aromatic heterocycles. The van der Waals surface area contributed by atoms with E-state index in [2.05, 4.69) is 10.9 Å². The van der Waals surface area contributed by atoms with Crippen LogP contribution in [0.2, 0.25) is 15.1 Å². The summed E-state index contributed by atoms with van der Waals surface area (Å²) in [5.41, 5.74) is 1.76. The summed E-state index contributed by atoms with van der Waals surface area (Å²) in [7, 11) is 0. The second kappa shape index (κ2) is 8.37. The van der Waals surface area contributed by atoms with Crippen molar-refractivity contribution in [3.8, 4) is 18.1 Å². The predicted molar refractivity (Wildman–Crippen MR) is 111 cm³/mol. The highest BCUT2D eigenvalue weighted by atomic mass is 35.5. The van der Waals surface area contributed by atoms with Gasteiger partial charge >= 0.3 is 0 Å². The SMILES string of the molecule is C#CCn1c(=NC(=O)COc2ccc(Cl)cc2Cl)sc2ccc(Cl)c(C)c21. The minimum absolute atomic E-state index is 0.259. The molecule has 0 saturated carbocycles. The Bertz CT molecular complexity index is 1140. The second-order valence-electron chi connectivity index (χ2n) is 5.56. The molecule has 2 aromatic carbocycles. The fourth-order valence-electron chi connectivity index (χ4n) is 2.51. The van der Waals surface area contributed by atoms with Crippen LogP contribution in [0.5, 0.6) is 5.75 Å². The second-order valence-corrected chi connectivity index (χ2v) is 7.82. The average Bonchev–Trinajstić information content (AvgIpc) is 2.96. The Morgan fingerprint density at radius 3 is 2.74 bits per heavy atom. The van der Waals surface area contributed by atoms with Crippen molar-refractivity contribution in [3.05, 3.63) is 55.8 Å². The number of halogens is 3. The number of aromatic nitrogens is 1. The van der Waals surface area contributed by atoms with Crippen LogP contribution in [0.3, 0.4) is 0 Å². The number of carbonyl (C=O) groups excluding carboxylic acids is 1. The predicted octanol–water partition coefficient (Wildman–Crippen LogP) is 5.11. The topological polar surface area (TPSA) is 43.6 Å². The van der Waals surface area contributed by atoms with E-state index < -0.39 is 5.91 Å². The van der Waals surface area contributed by atoms with Gasteiger partial charge in [-0.2, -0.15) is 4.99 Å². The molecule has 3 aromatic rings. The molecule has 0 atom stereocenters. The highest BCUT2D eigenvalue weighted by molar-refractivity contribution is 7.16. The van der Waals surface area contributed by atoms with Gasteiger partial charge in [-0.05, 0) is 42.8 Å². The lowest BCUT2D eigenvalue weighted by atomic mass is 10.2. The number of carbonyl (C=O) groups is 1. The number of aryl methyl sites for hydroxylation is 1. The molecule has 0 spiro atoms. The van der Waals surface area contributed by atoms with E-state index in [4.69, 9.17) is 46.0 Å². The molecule has 0 aliphatic carbocycles. The van der Waals surface area contributed by atoms with E-state index >= 15 is 0 Å². The Morgan fingerprint density at radius 2 is 2.04 bits per heavy atom. The molecule has 0 unspecified atom stereocenters. The van der Waals surface area contributed by atoms with Crippen molar-refractivity contribution < 1.29 is 9.53 Å². The van der Waals surface area contributed by atoms with Crippen molar-refractivity contribution >= 4 is 62.3 Å². The summed E-state index contributed by atoms with van der Waals surface area (Å²) < 4.78 is 8.19. The van der Waals surface area contributed by atoms with Gasteiger partial charge in [0.25, 0.3) is 5.91 Å². The van der Waals surface area contributed by atoms with Crippen LogP contribution >= 0.6 is 46.1 Å². The number of terminal acetylenes is 1. The van der Waals surface area contributed by atoms with Crippen LogP contribution in [-0.4, -0.2) is 17.1 Å². The first-order valence-corrected chi connectivity index (χ1v) is 9.73. The van der Waals surface area contributed by atoms with Gasteiger partial charge in [-0.15, -0.1) is 6.42 Å². The van der Waals surface area contributed by atoms with E-state index in [-0.39, 0.29) is 13.2 Å². The molecular formula is C19H13Cl3N2O2S. The number of fused-ring (bicyclic) bond motifs is 1. The quantitative estimate of drug-likeness (QED) is 0.530. The normalized spacial score (nSPS) is 11.6. The lowest BCUT2D eigenvalue weighted by molar-refractivity contribution is -0.120. The van der Waals surface area contributed by atoms with E-state index in [1.165, 1.54) is 11.3 Å². The molecule has 1 amide bonds. The van der Waals surface area contributed by atoms with Gasteiger partial charge in [-0.25, -0.2) is 0 Å². The lowest BCUT2D eigenvalue weighted by Gasteiger charge is -2.06. The first-order valence-electron chi connectivity index (χ1n) is 7.78. The molecule has 8 heteroatoms. The largest absolute Gasteiger partial charge is 0.482 e. The maximum absolute atomic E-state index is 12.3. The van der Waals surface area contributed by atoms with Gasteiger partial charge in [0, 0.05) is 10.0 Å². The zero-order valence-corrected chi connectivity index (χ0v) is 17.2. The standard InChI is InChI=1S/C19H13Cl3N2O2S/c1-3-8-24-18-11(2)13(21)5-7-16(18)27-19(24)23-17(25)10-26-15-6-4-12(20)9-14(15)22/h1,4-7,9H,8,10H2,2H3. The van der Waals surface area contributed by atoms with Gasteiger partial charge in [-0.3, -0.25) is 4.79 Å². The van der Waals surface area contributed by atoms with E-state index in [1.807, 2.05) is 19.1 Å². The van der Waals surface area contributed by atoms with Gasteiger partial charge in [0.15, 0.2) is 11.4 Å². The van der Waals surface area contributed by atoms with Gasteiger partial charge < -0.3 is 9.30 Å². The summed E-state index contributed by atoms with van der Waals surface area (Å²) in [5.74, 6) is 2.49. The molecule has 0 fully saturated rings. The van der Waals surface area contributed by atoms with Crippen LogP contribution in [-0.2, 0) is 11.3 Å². The van der Waals surface area contributed by atoms with Crippen LogP contribution in [0.15, 0.2) is 35.3 Å². The molecular weight excluding hydrogens is 427 g/mol. The van der Waals surface area contributed by atoms with Crippen molar-refractivity contribution in [1.29, 1.82) is 0 Å². The fraction of sp³-hybridized carbons (Fsp3) is 0.158. The number of nitrogens with zero attached hydrogens (tertiary/aromatic N) is 2. The van der Waals surface area contributed by atoms with Gasteiger partial charge in [-0.1, -0.05) is 52.1 Å². The third kappa shape index (κ3) is 4.31. The Balaban J connectivity index is 1.93. The smallest absolute Gasteiger partial charge is 0.286 e. The maximum Gasteiger partial charge on any atom is 0.286 e. The Morgan fingerprint density at radius 1 is 1.26 bits per heavy atom. The first kappa shape index (κ1) is 19.8. The van der Waals surface area contributed by atoms with Gasteiger partial charge in [0.05, 0.1) is 21.8 Å². The minimum atomic E-state index is -0.456. The van der Waals surface area contributed by atoms with Crippen molar-refractivity contribution in [2.45, 2.75) is 13.5 Å². The third-order valence-electron chi connectivity index (χ3n) is 3.74. The highest BCUT2D eigenvalue weighted by Gasteiger charge is 2.12. The molecule has 0 aliphatic heterocycles. The van der Waals surface area contributed by atoms with E-state index in [9.17, 15) is 4.79 Å². The number of thiazole rings is 1. The van der Waals surface area contributed by atoms with Crippen molar-refractivity contribution in [2.75, 3.05) is 6.61 Å². The van der Waals surface area contributed by atoms with Gasteiger partial charge in [0.1, 0.15) is 5.75 Å². The molecule has 1 heterocycles. The van der Waals surface area contributed by atoms with Crippen LogP contribution in [0.25, 0.3) is 10.2 Å². The summed E-state index contributed by atoms with van der Waals surface area (Å²) in [6.07, 6.45) is 5.49. The monoisotopic (exact) mass is 438 g/mol. The van der Waals surface area contributed by atoms with Crippen LogP contribution in [0, 0.1) is 19.3 Å². The summed E-state index contributed by atoms with van der Waals surface area (Å²) in [5, 5.41) is 1.44. The van der Waals surface area contributed by atoms with Crippen molar-refractivity contribution in [1.82, 2.24) is 4.57 Å². The summed E-state index contributed by atoms with van der Waals surface area (Å²) in [4.78, 5) is 17.0. The van der Waals surface area contributed by atoms with Crippen molar-refractivity contribution in [2.24, 2.45) is 4.99 Å². The minimum Gasteiger partial charge on any atom is -0.482 e. The lowest BCUT2D eigenvalue weighted by Crippen LogP contribution is -2.19. The van der Waals surface area contributed by atoms with E-state index in [0.29, 0.717) is 25.6 Å². The van der Waals surface area contributed by atoms with Crippen LogP contribution in [0.1, 0.15) is 5.56 Å². The highest BCUT2D eigenvalue weighted by Crippen LogP contribution is 2.28. The Kier molecular flexibility index (Phi) is 6.13. The number of hydrogen-bond acceptors (Lipinski definition) is 3.